The first-order valence-corrected chi connectivity index (χ1v) is 6.39. The molecule has 0 aliphatic rings. The van der Waals surface area contributed by atoms with E-state index in [4.69, 9.17) is 16.7 Å². The lowest BCUT2D eigenvalue weighted by molar-refractivity contribution is 0.0698. The van der Waals surface area contributed by atoms with E-state index in [2.05, 4.69) is 5.32 Å². The monoisotopic (exact) mass is 299 g/mol. The van der Waals surface area contributed by atoms with Gasteiger partial charge in [-0.25, -0.2) is 9.59 Å². The summed E-state index contributed by atoms with van der Waals surface area (Å²) in [5.41, 5.74) is 0.0789. The van der Waals surface area contributed by atoms with Gasteiger partial charge in [0.2, 0.25) is 0 Å². The molecule has 0 saturated carbocycles. The van der Waals surface area contributed by atoms with E-state index in [1.807, 2.05) is 19.0 Å². The second-order valence-corrected chi connectivity index (χ2v) is 5.03. The molecule has 0 spiro atoms. The van der Waals surface area contributed by atoms with Crippen LogP contribution in [0.25, 0.3) is 0 Å². The van der Waals surface area contributed by atoms with Gasteiger partial charge in [0.1, 0.15) is 5.56 Å². The van der Waals surface area contributed by atoms with E-state index in [1.54, 1.807) is 13.1 Å². The molecule has 1 aromatic rings. The Hall–Kier alpha value is -1.79. The van der Waals surface area contributed by atoms with E-state index in [1.165, 1.54) is 17.0 Å². The SMILES string of the molecule is CN(C)CCN(C)C(=O)Nc1cccc(Cl)c1C(=O)O. The van der Waals surface area contributed by atoms with E-state index in [0.717, 1.165) is 0 Å². The van der Waals surface area contributed by atoms with Crippen molar-refractivity contribution in [2.24, 2.45) is 0 Å². The summed E-state index contributed by atoms with van der Waals surface area (Å²) in [7, 11) is 5.46. The van der Waals surface area contributed by atoms with Crippen LogP contribution in [0.1, 0.15) is 10.4 Å². The summed E-state index contributed by atoms with van der Waals surface area (Å²) in [6, 6.07) is 4.19. The van der Waals surface area contributed by atoms with Gasteiger partial charge in [0, 0.05) is 20.1 Å². The summed E-state index contributed by atoms with van der Waals surface area (Å²) in [5.74, 6) is -1.18. The highest BCUT2D eigenvalue weighted by atomic mass is 35.5. The molecule has 0 aliphatic carbocycles. The third-order valence-corrected chi connectivity index (χ3v) is 3.01. The van der Waals surface area contributed by atoms with Gasteiger partial charge in [-0.2, -0.15) is 0 Å². The van der Waals surface area contributed by atoms with Crippen LogP contribution in [-0.2, 0) is 0 Å². The van der Waals surface area contributed by atoms with E-state index in [-0.39, 0.29) is 22.3 Å². The lowest BCUT2D eigenvalue weighted by Gasteiger charge is -2.20. The molecule has 1 rings (SSSR count). The van der Waals surface area contributed by atoms with Gasteiger partial charge < -0.3 is 20.2 Å². The molecular formula is C13H18ClN3O3. The van der Waals surface area contributed by atoms with Crippen LogP contribution in [0, 0.1) is 0 Å². The number of nitrogens with one attached hydrogen (secondary N) is 1. The fourth-order valence-electron chi connectivity index (χ4n) is 1.51. The molecule has 0 bridgehead atoms. The Labute approximate surface area is 122 Å². The van der Waals surface area contributed by atoms with Crippen molar-refractivity contribution in [2.75, 3.05) is 39.5 Å². The van der Waals surface area contributed by atoms with Crippen LogP contribution in [0.2, 0.25) is 5.02 Å². The molecule has 0 saturated heterocycles. The number of hydrogen-bond acceptors (Lipinski definition) is 3. The predicted octanol–water partition coefficient (Wildman–Crippen LogP) is 2.06. The highest BCUT2D eigenvalue weighted by molar-refractivity contribution is 6.34. The normalized spacial score (nSPS) is 10.4. The first-order chi connectivity index (χ1) is 9.32. The Morgan fingerprint density at radius 1 is 1.25 bits per heavy atom. The zero-order chi connectivity index (χ0) is 15.3. The number of rotatable bonds is 5. The number of carboxylic acids is 1. The fourth-order valence-corrected chi connectivity index (χ4v) is 1.76. The molecule has 0 fully saturated rings. The van der Waals surface area contributed by atoms with Crippen LogP contribution in [0.15, 0.2) is 18.2 Å². The zero-order valence-corrected chi connectivity index (χ0v) is 12.4. The van der Waals surface area contributed by atoms with Crippen molar-refractivity contribution in [1.29, 1.82) is 0 Å². The first-order valence-electron chi connectivity index (χ1n) is 6.01. The van der Waals surface area contributed by atoms with Gasteiger partial charge in [-0.15, -0.1) is 0 Å². The number of likely N-dealkylation sites (N-methyl/N-ethyl adjacent to an activating group) is 2. The maximum absolute atomic E-state index is 12.0. The Morgan fingerprint density at radius 3 is 2.45 bits per heavy atom. The van der Waals surface area contributed by atoms with Crippen molar-refractivity contribution in [1.82, 2.24) is 9.80 Å². The van der Waals surface area contributed by atoms with E-state index in [0.29, 0.717) is 13.1 Å². The van der Waals surface area contributed by atoms with Gasteiger partial charge in [0.25, 0.3) is 0 Å². The van der Waals surface area contributed by atoms with Crippen LogP contribution in [-0.4, -0.2) is 61.1 Å². The number of hydrogen-bond donors (Lipinski definition) is 2. The first kappa shape index (κ1) is 16.3. The predicted molar refractivity (Wildman–Crippen MR) is 78.6 cm³/mol. The number of anilines is 1. The van der Waals surface area contributed by atoms with E-state index < -0.39 is 5.97 Å². The van der Waals surface area contributed by atoms with E-state index >= 15 is 0 Å². The molecule has 1 aromatic carbocycles. The summed E-state index contributed by atoms with van der Waals surface area (Å²) in [6.07, 6.45) is 0. The molecule has 110 valence electrons. The number of urea groups is 1. The maximum Gasteiger partial charge on any atom is 0.339 e. The van der Waals surface area contributed by atoms with Crippen LogP contribution in [0.4, 0.5) is 10.5 Å². The van der Waals surface area contributed by atoms with Crippen molar-refractivity contribution in [3.8, 4) is 0 Å². The highest BCUT2D eigenvalue weighted by Crippen LogP contribution is 2.24. The molecule has 2 N–H and O–H groups in total. The Morgan fingerprint density at radius 2 is 1.90 bits per heavy atom. The molecule has 0 unspecified atom stereocenters. The third-order valence-electron chi connectivity index (χ3n) is 2.70. The van der Waals surface area contributed by atoms with Crippen LogP contribution >= 0.6 is 11.6 Å². The van der Waals surface area contributed by atoms with Gasteiger partial charge in [-0.1, -0.05) is 17.7 Å². The minimum Gasteiger partial charge on any atom is -0.478 e. The number of carboxylic acid groups (broad SMARTS) is 1. The van der Waals surface area contributed by atoms with Crippen molar-refractivity contribution >= 4 is 29.3 Å². The topological polar surface area (TPSA) is 72.9 Å². The molecule has 0 heterocycles. The molecule has 0 aromatic heterocycles. The van der Waals surface area contributed by atoms with E-state index in [9.17, 15) is 9.59 Å². The van der Waals surface area contributed by atoms with Crippen molar-refractivity contribution in [2.45, 2.75) is 0 Å². The molecule has 20 heavy (non-hydrogen) atoms. The third kappa shape index (κ3) is 4.40. The Bertz CT molecular complexity index is 506. The van der Waals surface area contributed by atoms with Gasteiger partial charge in [-0.3, -0.25) is 0 Å². The number of halogens is 1. The maximum atomic E-state index is 12.0. The highest BCUT2D eigenvalue weighted by Gasteiger charge is 2.17. The lowest BCUT2D eigenvalue weighted by atomic mass is 10.2. The molecule has 0 aliphatic heterocycles. The van der Waals surface area contributed by atoms with Crippen LogP contribution in [0.3, 0.4) is 0 Å². The summed E-state index contributed by atoms with van der Waals surface area (Å²) in [5, 5.41) is 11.8. The molecule has 2 amide bonds. The Kier molecular flexibility index (Phi) is 5.79. The average Bonchev–Trinajstić information content (AvgIpc) is 2.35. The summed E-state index contributed by atoms with van der Waals surface area (Å²) >= 11 is 5.84. The fraction of sp³-hybridized carbons (Fsp3) is 0.385. The van der Waals surface area contributed by atoms with Crippen LogP contribution < -0.4 is 5.32 Å². The molecule has 6 nitrogen and oxygen atoms in total. The number of carbonyl (C=O) groups excluding carboxylic acids is 1. The van der Waals surface area contributed by atoms with Gasteiger partial charge in [-0.05, 0) is 26.2 Å². The minimum atomic E-state index is -1.18. The molecule has 7 heteroatoms. The minimum absolute atomic E-state index is 0.0891. The van der Waals surface area contributed by atoms with Crippen molar-refractivity contribution < 1.29 is 14.7 Å². The van der Waals surface area contributed by atoms with Crippen molar-refractivity contribution in [3.05, 3.63) is 28.8 Å². The number of carbonyl (C=O) groups is 2. The standard InChI is InChI=1S/C13H18ClN3O3/c1-16(2)7-8-17(3)13(20)15-10-6-4-5-9(14)11(10)12(18)19/h4-6H,7-8H2,1-3H3,(H,15,20)(H,18,19). The average molecular weight is 300 g/mol. The number of benzene rings is 1. The molecule has 0 radical (unpaired) electrons. The number of aromatic carboxylic acids is 1. The Balaban J connectivity index is 2.80. The summed E-state index contributed by atoms with van der Waals surface area (Å²) < 4.78 is 0. The zero-order valence-electron chi connectivity index (χ0n) is 11.7. The number of amides is 2. The van der Waals surface area contributed by atoms with Crippen molar-refractivity contribution in [3.63, 3.8) is 0 Å². The second kappa shape index (κ2) is 7.12. The lowest BCUT2D eigenvalue weighted by Crippen LogP contribution is -2.36. The number of nitrogens with zero attached hydrogens (tertiary/aromatic N) is 2. The van der Waals surface area contributed by atoms with Gasteiger partial charge in [0.05, 0.1) is 10.7 Å². The largest absolute Gasteiger partial charge is 0.478 e. The summed E-state index contributed by atoms with van der Waals surface area (Å²) in [6.45, 7) is 1.24. The molecular weight excluding hydrogens is 282 g/mol. The summed E-state index contributed by atoms with van der Waals surface area (Å²) in [4.78, 5) is 26.6. The quantitative estimate of drug-likeness (QED) is 0.873. The smallest absolute Gasteiger partial charge is 0.339 e. The van der Waals surface area contributed by atoms with Crippen LogP contribution in [0.5, 0.6) is 0 Å². The molecule has 0 atom stereocenters. The second-order valence-electron chi connectivity index (χ2n) is 4.62. The van der Waals surface area contributed by atoms with Gasteiger partial charge >= 0.3 is 12.0 Å². The van der Waals surface area contributed by atoms with Gasteiger partial charge in [0.15, 0.2) is 0 Å².